The van der Waals surface area contributed by atoms with E-state index >= 15 is 0 Å². The van der Waals surface area contributed by atoms with Crippen LogP contribution in [0, 0.1) is 5.92 Å². The van der Waals surface area contributed by atoms with Crippen LogP contribution in [0.15, 0.2) is 16.6 Å². The van der Waals surface area contributed by atoms with Crippen LogP contribution < -0.4 is 9.47 Å². The summed E-state index contributed by atoms with van der Waals surface area (Å²) in [6.07, 6.45) is 0.0762. The zero-order valence-electron chi connectivity index (χ0n) is 14.4. The van der Waals surface area contributed by atoms with E-state index in [2.05, 4.69) is 15.9 Å². The molecule has 0 amide bonds. The number of hydrogen-bond acceptors (Lipinski definition) is 7. The molecular formula is C17H19BrO7. The van der Waals surface area contributed by atoms with Gasteiger partial charge in [0.1, 0.15) is 0 Å². The minimum atomic E-state index is -1.26. The maximum atomic E-state index is 12.1. The van der Waals surface area contributed by atoms with E-state index in [1.54, 1.807) is 19.1 Å². The van der Waals surface area contributed by atoms with Gasteiger partial charge in [0.05, 0.1) is 11.1 Å². The SMILES string of the molecule is CCOc1cc(CC2C(=O)OC(C)(C)OC2=O)cc(Br)c1OC(C)=O. The maximum Gasteiger partial charge on any atom is 0.323 e. The zero-order valence-corrected chi connectivity index (χ0v) is 16.0. The lowest BCUT2D eigenvalue weighted by molar-refractivity contribution is -0.239. The summed E-state index contributed by atoms with van der Waals surface area (Å²) >= 11 is 3.32. The highest BCUT2D eigenvalue weighted by Crippen LogP contribution is 2.38. The van der Waals surface area contributed by atoms with Crippen molar-refractivity contribution in [2.24, 2.45) is 5.92 Å². The molecule has 1 aromatic rings. The van der Waals surface area contributed by atoms with Gasteiger partial charge in [0.2, 0.25) is 0 Å². The molecule has 0 N–H and O–H groups in total. The van der Waals surface area contributed by atoms with Crippen molar-refractivity contribution in [1.82, 2.24) is 0 Å². The Labute approximate surface area is 153 Å². The van der Waals surface area contributed by atoms with Gasteiger partial charge in [0.15, 0.2) is 17.4 Å². The molecule has 1 saturated heterocycles. The van der Waals surface area contributed by atoms with E-state index < -0.39 is 29.6 Å². The van der Waals surface area contributed by atoms with Crippen LogP contribution in [0.4, 0.5) is 0 Å². The van der Waals surface area contributed by atoms with Gasteiger partial charge in [-0.2, -0.15) is 0 Å². The van der Waals surface area contributed by atoms with E-state index in [-0.39, 0.29) is 12.2 Å². The van der Waals surface area contributed by atoms with Crippen LogP contribution in [-0.2, 0) is 30.3 Å². The molecule has 1 heterocycles. The van der Waals surface area contributed by atoms with E-state index in [0.717, 1.165) is 0 Å². The van der Waals surface area contributed by atoms with Crippen molar-refractivity contribution in [2.75, 3.05) is 6.61 Å². The minimum absolute atomic E-state index is 0.0762. The summed E-state index contributed by atoms with van der Waals surface area (Å²) in [6, 6.07) is 3.27. The average molecular weight is 415 g/mol. The molecule has 136 valence electrons. The van der Waals surface area contributed by atoms with Crippen molar-refractivity contribution >= 4 is 33.8 Å². The third-order valence-corrected chi connectivity index (χ3v) is 3.91. The van der Waals surface area contributed by atoms with Crippen molar-refractivity contribution in [1.29, 1.82) is 0 Å². The molecule has 7 nitrogen and oxygen atoms in total. The molecule has 0 radical (unpaired) electrons. The van der Waals surface area contributed by atoms with Crippen molar-refractivity contribution in [3.8, 4) is 11.5 Å². The van der Waals surface area contributed by atoms with Gasteiger partial charge in [-0.3, -0.25) is 14.4 Å². The van der Waals surface area contributed by atoms with Crippen LogP contribution in [0.1, 0.15) is 33.3 Å². The monoisotopic (exact) mass is 414 g/mol. The number of cyclic esters (lactones) is 2. The number of halogens is 1. The van der Waals surface area contributed by atoms with Gasteiger partial charge in [-0.25, -0.2) is 0 Å². The third-order valence-electron chi connectivity index (χ3n) is 3.32. The molecule has 1 aliphatic heterocycles. The summed E-state index contributed by atoms with van der Waals surface area (Å²) < 4.78 is 21.4. The van der Waals surface area contributed by atoms with Crippen molar-refractivity contribution < 1.29 is 33.3 Å². The standard InChI is InChI=1S/C17H19BrO7/c1-5-22-13-8-10(7-12(18)14(13)23-9(2)19)6-11-15(20)24-17(3,4)25-16(11)21/h7-8,11H,5-6H2,1-4H3. The summed E-state index contributed by atoms with van der Waals surface area (Å²) in [6.45, 7) is 6.42. The van der Waals surface area contributed by atoms with E-state index in [4.69, 9.17) is 18.9 Å². The van der Waals surface area contributed by atoms with Gasteiger partial charge in [0, 0.05) is 20.8 Å². The molecule has 0 aliphatic carbocycles. The van der Waals surface area contributed by atoms with E-state index in [0.29, 0.717) is 22.4 Å². The lowest BCUT2D eigenvalue weighted by Gasteiger charge is -2.32. The summed E-state index contributed by atoms with van der Waals surface area (Å²) in [5.41, 5.74) is 0.629. The Morgan fingerprint density at radius 3 is 2.36 bits per heavy atom. The summed E-state index contributed by atoms with van der Waals surface area (Å²) in [5, 5.41) is 0. The molecular weight excluding hydrogens is 396 g/mol. The smallest absolute Gasteiger partial charge is 0.323 e. The molecule has 0 bridgehead atoms. The number of rotatable bonds is 5. The topological polar surface area (TPSA) is 88.1 Å². The summed E-state index contributed by atoms with van der Waals surface area (Å²) in [5.74, 6) is -3.52. The number of ether oxygens (including phenoxy) is 4. The molecule has 1 aliphatic rings. The fourth-order valence-electron chi connectivity index (χ4n) is 2.39. The van der Waals surface area contributed by atoms with Gasteiger partial charge >= 0.3 is 17.9 Å². The highest BCUT2D eigenvalue weighted by Gasteiger charge is 2.43. The number of carbonyl (C=O) groups is 3. The molecule has 0 aromatic heterocycles. The predicted octanol–water partition coefficient (Wildman–Crippen LogP) is 2.77. The largest absolute Gasteiger partial charge is 0.490 e. The first-order chi connectivity index (χ1) is 11.6. The molecule has 8 heteroatoms. The first kappa shape index (κ1) is 19.2. The van der Waals surface area contributed by atoms with Crippen molar-refractivity contribution in [2.45, 2.75) is 39.9 Å². The molecule has 0 unspecified atom stereocenters. The van der Waals surface area contributed by atoms with Crippen LogP contribution in [0.3, 0.4) is 0 Å². The van der Waals surface area contributed by atoms with Gasteiger partial charge in [-0.1, -0.05) is 0 Å². The Bertz CT molecular complexity index is 691. The van der Waals surface area contributed by atoms with Crippen LogP contribution in [0.2, 0.25) is 0 Å². The number of benzene rings is 1. The average Bonchev–Trinajstić information content (AvgIpc) is 2.45. The van der Waals surface area contributed by atoms with E-state index in [9.17, 15) is 14.4 Å². The Kier molecular flexibility index (Phi) is 5.72. The first-order valence-corrected chi connectivity index (χ1v) is 8.51. The summed E-state index contributed by atoms with van der Waals surface area (Å²) in [4.78, 5) is 35.4. The number of carbonyl (C=O) groups excluding carboxylic acids is 3. The first-order valence-electron chi connectivity index (χ1n) is 7.72. The molecule has 2 rings (SSSR count). The minimum Gasteiger partial charge on any atom is -0.490 e. The van der Waals surface area contributed by atoms with E-state index in [1.165, 1.54) is 20.8 Å². The molecule has 0 spiro atoms. The van der Waals surface area contributed by atoms with Crippen LogP contribution in [-0.4, -0.2) is 30.3 Å². The fraction of sp³-hybridized carbons (Fsp3) is 0.471. The Hall–Kier alpha value is -2.09. The molecule has 1 fully saturated rings. The lowest BCUT2D eigenvalue weighted by atomic mass is 9.98. The van der Waals surface area contributed by atoms with Crippen molar-refractivity contribution in [3.05, 3.63) is 22.2 Å². The second-order valence-electron chi connectivity index (χ2n) is 5.93. The van der Waals surface area contributed by atoms with Crippen LogP contribution in [0.5, 0.6) is 11.5 Å². The maximum absolute atomic E-state index is 12.1. The second-order valence-corrected chi connectivity index (χ2v) is 6.78. The number of esters is 3. The Morgan fingerprint density at radius 1 is 1.24 bits per heavy atom. The molecule has 0 atom stereocenters. The molecule has 0 saturated carbocycles. The van der Waals surface area contributed by atoms with Gasteiger partial charge in [-0.15, -0.1) is 0 Å². The van der Waals surface area contributed by atoms with E-state index in [1.807, 2.05) is 0 Å². The van der Waals surface area contributed by atoms with Gasteiger partial charge in [-0.05, 0) is 47.0 Å². The normalized spacial score (nSPS) is 16.8. The lowest BCUT2D eigenvalue weighted by Crippen LogP contribution is -2.46. The van der Waals surface area contributed by atoms with Crippen LogP contribution >= 0.6 is 15.9 Å². The highest BCUT2D eigenvalue weighted by molar-refractivity contribution is 9.10. The number of hydrogen-bond donors (Lipinski definition) is 0. The Morgan fingerprint density at radius 2 is 1.84 bits per heavy atom. The molecule has 25 heavy (non-hydrogen) atoms. The second kappa shape index (κ2) is 7.43. The summed E-state index contributed by atoms with van der Waals surface area (Å²) in [7, 11) is 0. The quantitative estimate of drug-likeness (QED) is 0.415. The third kappa shape index (κ3) is 4.72. The Balaban J connectivity index is 2.29. The van der Waals surface area contributed by atoms with Gasteiger partial charge in [0.25, 0.3) is 5.79 Å². The zero-order chi connectivity index (χ0) is 18.8. The van der Waals surface area contributed by atoms with Crippen molar-refractivity contribution in [3.63, 3.8) is 0 Å². The van der Waals surface area contributed by atoms with Crippen LogP contribution in [0.25, 0.3) is 0 Å². The predicted molar refractivity (Wildman–Crippen MR) is 90.1 cm³/mol. The van der Waals surface area contributed by atoms with Gasteiger partial charge < -0.3 is 18.9 Å². The molecule has 1 aromatic carbocycles. The highest BCUT2D eigenvalue weighted by atomic mass is 79.9. The fourth-order valence-corrected chi connectivity index (χ4v) is 2.96.